The summed E-state index contributed by atoms with van der Waals surface area (Å²) in [4.78, 5) is 0. The first-order valence-electron chi connectivity index (χ1n) is 9.70. The number of hydrogen-bond acceptors (Lipinski definition) is 0. The number of imidazole rings is 2. The molecule has 0 saturated carbocycles. The van der Waals surface area contributed by atoms with Gasteiger partial charge in [-0.15, -0.1) is 0 Å². The number of unbranched alkanes of at least 4 members (excludes halogenated alkanes) is 2. The number of aromatic nitrogens is 4. The zero-order chi connectivity index (χ0) is 27.6. The predicted octanol–water partition coefficient (Wildman–Crippen LogP) is 8.99. The molecule has 0 aliphatic rings. The SMILES string of the molecule is CCCC[n+]1ccn(C)c1.CCCC[n+]1ccn(C)c1.F[P-](F)(F)(F)(F)F.F[P-](F)(F)(F)(F)F. The van der Waals surface area contributed by atoms with Gasteiger partial charge in [0.15, 0.2) is 0 Å². The molecule has 0 spiro atoms. The van der Waals surface area contributed by atoms with E-state index in [2.05, 4.69) is 69.6 Å². The molecule has 2 aromatic heterocycles. The Bertz CT molecular complexity index is 759. The van der Waals surface area contributed by atoms with Crippen molar-refractivity contribution in [3.63, 3.8) is 0 Å². The molecule has 4 nitrogen and oxygen atoms in total. The van der Waals surface area contributed by atoms with Gasteiger partial charge in [-0.25, -0.2) is 18.3 Å². The van der Waals surface area contributed by atoms with Crippen LogP contribution in [-0.2, 0) is 27.2 Å². The Kier molecular flexibility index (Phi) is 10.8. The van der Waals surface area contributed by atoms with E-state index in [1.54, 1.807) is 0 Å². The van der Waals surface area contributed by atoms with Crippen LogP contribution >= 0.6 is 15.6 Å². The van der Waals surface area contributed by atoms with Gasteiger partial charge < -0.3 is 0 Å². The Morgan fingerprint density at radius 2 is 0.794 bits per heavy atom. The average Bonchev–Trinajstić information content (AvgIpc) is 3.14. The van der Waals surface area contributed by atoms with Crippen molar-refractivity contribution >= 4 is 15.6 Å². The van der Waals surface area contributed by atoms with Gasteiger partial charge in [0.25, 0.3) is 0 Å². The molecule has 2 rings (SSSR count). The molecule has 0 amide bonds. The molecule has 0 N–H and O–H groups in total. The minimum absolute atomic E-state index is 1.15. The Labute approximate surface area is 189 Å². The topological polar surface area (TPSA) is 17.6 Å². The molecular formula is C16H30F12N4P2. The Morgan fingerprint density at radius 1 is 0.559 bits per heavy atom. The summed E-state index contributed by atoms with van der Waals surface area (Å²) in [5, 5.41) is 0. The third-order valence-electron chi connectivity index (χ3n) is 3.19. The number of rotatable bonds is 6. The maximum atomic E-state index is 9.87. The zero-order valence-electron chi connectivity index (χ0n) is 18.9. The maximum absolute atomic E-state index is 10.7. The number of aryl methyl sites for hydroxylation is 4. The molecule has 2 heterocycles. The molecule has 0 atom stereocenters. The van der Waals surface area contributed by atoms with Crippen molar-refractivity contribution in [2.24, 2.45) is 14.1 Å². The molecule has 18 heteroatoms. The summed E-state index contributed by atoms with van der Waals surface area (Å²) in [6, 6.07) is 0. The fourth-order valence-corrected chi connectivity index (χ4v) is 1.95. The summed E-state index contributed by atoms with van der Waals surface area (Å²) < 4.78 is 127. The zero-order valence-corrected chi connectivity index (χ0v) is 20.7. The molecule has 0 aliphatic heterocycles. The van der Waals surface area contributed by atoms with Crippen LogP contribution in [0.3, 0.4) is 0 Å². The van der Waals surface area contributed by atoms with Crippen molar-refractivity contribution in [3.05, 3.63) is 37.4 Å². The predicted molar refractivity (Wildman–Crippen MR) is 108 cm³/mol. The standard InChI is InChI=1S/2C8H15N2.2F6P/c2*1-3-4-5-10-7-6-9(2)8-10;2*1-7(2,3,4,5)6/h2*6-8H,3-5H2,1-2H3;;/q2*+1;2*-1. The van der Waals surface area contributed by atoms with Gasteiger partial charge in [-0.2, -0.15) is 0 Å². The molecule has 0 fully saturated rings. The van der Waals surface area contributed by atoms with E-state index in [1.165, 1.54) is 25.7 Å². The van der Waals surface area contributed by atoms with Crippen LogP contribution in [0.5, 0.6) is 0 Å². The molecule has 0 unspecified atom stereocenters. The molecule has 0 aliphatic carbocycles. The first-order chi connectivity index (χ1) is 14.6. The van der Waals surface area contributed by atoms with Crippen molar-refractivity contribution in [3.8, 4) is 0 Å². The molecule has 0 aromatic carbocycles. The third-order valence-corrected chi connectivity index (χ3v) is 3.19. The second-order valence-electron chi connectivity index (χ2n) is 7.26. The monoisotopic (exact) mass is 568 g/mol. The van der Waals surface area contributed by atoms with Gasteiger partial charge in [-0.1, -0.05) is 26.7 Å². The van der Waals surface area contributed by atoms with Gasteiger partial charge in [0.05, 0.1) is 27.2 Å². The number of halogens is 12. The second kappa shape index (κ2) is 10.6. The summed E-state index contributed by atoms with van der Waals surface area (Å²) >= 11 is 0. The Hall–Kier alpha value is -1.56. The number of hydrogen-bond donors (Lipinski definition) is 0. The minimum atomic E-state index is -10.7. The van der Waals surface area contributed by atoms with E-state index in [-0.39, 0.29) is 0 Å². The van der Waals surface area contributed by atoms with Gasteiger partial charge in [-0.3, -0.25) is 0 Å². The fourth-order valence-electron chi connectivity index (χ4n) is 1.95. The number of nitrogens with zero attached hydrogens (tertiary/aromatic N) is 4. The van der Waals surface area contributed by atoms with E-state index in [1.807, 2.05) is 14.1 Å². The molecule has 208 valence electrons. The first kappa shape index (κ1) is 34.6. The van der Waals surface area contributed by atoms with Gasteiger partial charge in [0.1, 0.15) is 24.8 Å². The summed E-state index contributed by atoms with van der Waals surface area (Å²) in [6.07, 6.45) is 17.6. The van der Waals surface area contributed by atoms with Crippen molar-refractivity contribution < 1.29 is 59.5 Å². The van der Waals surface area contributed by atoms with Gasteiger partial charge in [0, 0.05) is 0 Å². The van der Waals surface area contributed by atoms with E-state index in [0.717, 1.165) is 13.1 Å². The van der Waals surface area contributed by atoms with Crippen LogP contribution in [-0.4, -0.2) is 9.13 Å². The van der Waals surface area contributed by atoms with E-state index in [9.17, 15) is 50.4 Å². The van der Waals surface area contributed by atoms with E-state index in [0.29, 0.717) is 0 Å². The summed E-state index contributed by atoms with van der Waals surface area (Å²) in [5.41, 5.74) is 0. The summed E-state index contributed by atoms with van der Waals surface area (Å²) in [6.45, 7) is 6.72. The van der Waals surface area contributed by atoms with Crippen LogP contribution in [0.15, 0.2) is 37.4 Å². The van der Waals surface area contributed by atoms with Crippen molar-refractivity contribution in [1.82, 2.24) is 9.13 Å². The van der Waals surface area contributed by atoms with Crippen LogP contribution in [0.2, 0.25) is 0 Å². The summed E-state index contributed by atoms with van der Waals surface area (Å²) in [7, 11) is -17.2. The van der Waals surface area contributed by atoms with Crippen LogP contribution < -0.4 is 9.13 Å². The van der Waals surface area contributed by atoms with Gasteiger partial charge in [0.2, 0.25) is 12.7 Å². The third kappa shape index (κ3) is 44.2. The average molecular weight is 568 g/mol. The van der Waals surface area contributed by atoms with E-state index < -0.39 is 15.6 Å². The molecule has 2 aromatic rings. The van der Waals surface area contributed by atoms with Gasteiger partial charge in [-0.05, 0) is 12.8 Å². The molecule has 34 heavy (non-hydrogen) atoms. The van der Waals surface area contributed by atoms with Crippen molar-refractivity contribution in [2.75, 3.05) is 0 Å². The van der Waals surface area contributed by atoms with Crippen molar-refractivity contribution in [2.45, 2.75) is 52.6 Å². The molecule has 0 saturated heterocycles. The first-order valence-corrected chi connectivity index (χ1v) is 13.8. The van der Waals surface area contributed by atoms with Crippen LogP contribution in [0, 0.1) is 0 Å². The molecule has 0 bridgehead atoms. The van der Waals surface area contributed by atoms with Crippen LogP contribution in [0.1, 0.15) is 39.5 Å². The molecule has 0 radical (unpaired) electrons. The van der Waals surface area contributed by atoms with E-state index in [4.69, 9.17) is 0 Å². The van der Waals surface area contributed by atoms with E-state index >= 15 is 0 Å². The quantitative estimate of drug-likeness (QED) is 0.188. The Balaban J connectivity index is 0. The molecular weight excluding hydrogens is 538 g/mol. The normalized spacial score (nSPS) is 15.5. The Morgan fingerprint density at radius 3 is 0.941 bits per heavy atom. The van der Waals surface area contributed by atoms with Crippen LogP contribution in [0.4, 0.5) is 50.4 Å². The van der Waals surface area contributed by atoms with Gasteiger partial charge >= 0.3 is 66.0 Å². The fraction of sp³-hybridized carbons (Fsp3) is 0.625. The van der Waals surface area contributed by atoms with Crippen molar-refractivity contribution in [1.29, 1.82) is 0 Å². The second-order valence-corrected chi connectivity index (χ2v) is 11.1. The van der Waals surface area contributed by atoms with Crippen LogP contribution in [0.25, 0.3) is 0 Å². The summed E-state index contributed by atoms with van der Waals surface area (Å²) in [5.74, 6) is 0.